The largest absolute Gasteiger partial charge is 0.340 e. The van der Waals surface area contributed by atoms with Gasteiger partial charge < -0.3 is 10.2 Å². The van der Waals surface area contributed by atoms with Crippen molar-refractivity contribution in [2.45, 2.75) is 38.0 Å². The van der Waals surface area contributed by atoms with E-state index < -0.39 is 6.03 Å². The Kier molecular flexibility index (Phi) is 3.70. The van der Waals surface area contributed by atoms with Crippen LogP contribution in [0.25, 0.3) is 0 Å². The van der Waals surface area contributed by atoms with E-state index in [0.29, 0.717) is 13.1 Å². The zero-order valence-electron chi connectivity index (χ0n) is 14.2. The topological polar surface area (TPSA) is 95.5 Å². The smallest absolute Gasteiger partial charge is 0.325 e. The summed E-state index contributed by atoms with van der Waals surface area (Å²) in [5, 5.41) is 2.45. The van der Waals surface area contributed by atoms with Crippen LogP contribution >= 0.6 is 0 Å². The molecule has 1 unspecified atom stereocenters. The van der Waals surface area contributed by atoms with Gasteiger partial charge in [-0.05, 0) is 38.2 Å². The van der Waals surface area contributed by atoms with Gasteiger partial charge in [0.1, 0.15) is 12.4 Å². The van der Waals surface area contributed by atoms with E-state index in [-0.39, 0.29) is 30.3 Å². The summed E-state index contributed by atoms with van der Waals surface area (Å²) in [4.78, 5) is 47.8. The Labute approximate surface area is 145 Å². The molecular formula is C17H21N5O3. The number of nitrogens with zero attached hydrogens (tertiary/aromatic N) is 4. The number of aromatic nitrogens is 2. The molecule has 8 heteroatoms. The minimum atomic E-state index is -0.486. The molecule has 3 aliphatic rings. The molecule has 1 aromatic heterocycles. The van der Waals surface area contributed by atoms with Crippen molar-refractivity contribution in [1.29, 1.82) is 0 Å². The average Bonchev–Trinajstić information content (AvgIpc) is 3.10. The normalized spacial score (nSPS) is 25.5. The molecule has 0 radical (unpaired) electrons. The molecule has 2 saturated heterocycles. The van der Waals surface area contributed by atoms with Gasteiger partial charge in [-0.2, -0.15) is 0 Å². The Morgan fingerprint density at radius 3 is 2.96 bits per heavy atom. The summed E-state index contributed by atoms with van der Waals surface area (Å²) in [5.74, 6) is 0.228. The number of hydrogen-bond acceptors (Lipinski definition) is 5. The quantitative estimate of drug-likeness (QED) is 0.771. The lowest BCUT2D eigenvalue weighted by molar-refractivity contribution is -0.138. The molecule has 3 heterocycles. The zero-order chi connectivity index (χ0) is 17.6. The van der Waals surface area contributed by atoms with Gasteiger partial charge in [0, 0.05) is 24.7 Å². The van der Waals surface area contributed by atoms with E-state index in [1.165, 1.54) is 5.56 Å². The number of urea groups is 1. The third-order valence-corrected chi connectivity index (χ3v) is 5.52. The molecule has 0 saturated carbocycles. The fraction of sp³-hybridized carbons (Fsp3) is 0.588. The average molecular weight is 343 g/mol. The Bertz CT molecular complexity index is 745. The summed E-state index contributed by atoms with van der Waals surface area (Å²) in [6, 6.07) is -0.486. The Morgan fingerprint density at radius 2 is 2.20 bits per heavy atom. The molecule has 25 heavy (non-hydrogen) atoms. The van der Waals surface area contributed by atoms with Gasteiger partial charge in [0.2, 0.25) is 5.91 Å². The fourth-order valence-electron chi connectivity index (χ4n) is 4.22. The summed E-state index contributed by atoms with van der Waals surface area (Å²) >= 11 is 0. The number of nitrogens with one attached hydrogen (secondary N) is 1. The summed E-state index contributed by atoms with van der Waals surface area (Å²) in [5.41, 5.74) is 2.13. The monoisotopic (exact) mass is 343 g/mol. The Hall–Kier alpha value is -2.51. The zero-order valence-corrected chi connectivity index (χ0v) is 14.2. The van der Waals surface area contributed by atoms with Gasteiger partial charge in [0.05, 0.1) is 12.2 Å². The predicted octanol–water partition coefficient (Wildman–Crippen LogP) is 0.143. The molecule has 0 aromatic carbocycles. The minimum Gasteiger partial charge on any atom is -0.340 e. The van der Waals surface area contributed by atoms with Gasteiger partial charge >= 0.3 is 6.03 Å². The molecule has 132 valence electrons. The standard InChI is InChI=1S/C17H21N5O3/c1-11-18-7-12-3-5-17(15(12)20-11)4-2-6-21(10-17)14(24)9-22-13(23)8-19-16(22)25/h7H,2-6,8-10H2,1H3,(H,19,25). The van der Waals surface area contributed by atoms with Crippen LogP contribution in [-0.4, -0.2) is 63.8 Å². The van der Waals surface area contributed by atoms with Gasteiger partial charge in [-0.25, -0.2) is 14.8 Å². The molecule has 1 spiro atoms. The van der Waals surface area contributed by atoms with Crippen LogP contribution in [-0.2, 0) is 21.4 Å². The van der Waals surface area contributed by atoms with Gasteiger partial charge in [0.25, 0.3) is 5.91 Å². The first-order valence-corrected chi connectivity index (χ1v) is 8.67. The number of carbonyl (C=O) groups is 3. The van der Waals surface area contributed by atoms with Crippen LogP contribution in [0.4, 0.5) is 4.79 Å². The number of amides is 4. The SMILES string of the molecule is Cc1ncc2c(n1)C1(CCCN(C(=O)CN3C(=O)CNC3=O)C1)CC2. The second kappa shape index (κ2) is 5.79. The van der Waals surface area contributed by atoms with Crippen molar-refractivity contribution in [3.05, 3.63) is 23.3 Å². The molecular weight excluding hydrogens is 322 g/mol. The number of aryl methyl sites for hydroxylation is 2. The second-order valence-corrected chi connectivity index (χ2v) is 7.13. The van der Waals surface area contributed by atoms with Crippen LogP contribution in [0.5, 0.6) is 0 Å². The molecule has 4 rings (SSSR count). The summed E-state index contributed by atoms with van der Waals surface area (Å²) in [7, 11) is 0. The van der Waals surface area contributed by atoms with Gasteiger partial charge in [-0.15, -0.1) is 0 Å². The van der Waals surface area contributed by atoms with E-state index in [4.69, 9.17) is 0 Å². The maximum Gasteiger partial charge on any atom is 0.325 e. The van der Waals surface area contributed by atoms with Crippen molar-refractivity contribution in [2.75, 3.05) is 26.2 Å². The highest BCUT2D eigenvalue weighted by Crippen LogP contribution is 2.43. The van der Waals surface area contributed by atoms with Crippen LogP contribution in [0.1, 0.15) is 36.3 Å². The number of fused-ring (bicyclic) bond motifs is 2. The van der Waals surface area contributed by atoms with Crippen molar-refractivity contribution >= 4 is 17.8 Å². The maximum absolute atomic E-state index is 12.7. The summed E-state index contributed by atoms with van der Waals surface area (Å²) in [6.45, 7) is 2.92. The molecule has 1 aliphatic carbocycles. The number of imide groups is 1. The van der Waals surface area contributed by atoms with Crippen LogP contribution in [0, 0.1) is 6.92 Å². The first-order chi connectivity index (χ1) is 12.0. The van der Waals surface area contributed by atoms with Gasteiger partial charge in [0.15, 0.2) is 0 Å². The van der Waals surface area contributed by atoms with E-state index in [1.54, 1.807) is 4.90 Å². The minimum absolute atomic E-state index is 0.0282. The third kappa shape index (κ3) is 2.65. The predicted molar refractivity (Wildman–Crippen MR) is 87.7 cm³/mol. The number of carbonyl (C=O) groups excluding carboxylic acids is 3. The lowest BCUT2D eigenvalue weighted by Gasteiger charge is -2.40. The summed E-state index contributed by atoms with van der Waals surface area (Å²) in [6.07, 6.45) is 5.70. The maximum atomic E-state index is 12.7. The van der Waals surface area contributed by atoms with Gasteiger partial charge in [-0.1, -0.05) is 0 Å². The highest BCUT2D eigenvalue weighted by molar-refractivity contribution is 6.04. The van der Waals surface area contributed by atoms with E-state index in [1.807, 2.05) is 13.1 Å². The van der Waals surface area contributed by atoms with E-state index >= 15 is 0 Å². The molecule has 1 N–H and O–H groups in total. The first kappa shape index (κ1) is 16.0. The van der Waals surface area contributed by atoms with Crippen molar-refractivity contribution in [1.82, 2.24) is 25.1 Å². The number of likely N-dealkylation sites (tertiary alicyclic amines) is 1. The Balaban J connectivity index is 1.52. The second-order valence-electron chi connectivity index (χ2n) is 7.13. The highest BCUT2D eigenvalue weighted by Gasteiger charge is 2.45. The number of rotatable bonds is 2. The lowest BCUT2D eigenvalue weighted by Crippen LogP contribution is -2.51. The number of hydrogen-bond donors (Lipinski definition) is 1. The lowest BCUT2D eigenvalue weighted by atomic mass is 9.77. The van der Waals surface area contributed by atoms with Crippen LogP contribution in [0.15, 0.2) is 6.20 Å². The molecule has 4 amide bonds. The fourth-order valence-corrected chi connectivity index (χ4v) is 4.22. The van der Waals surface area contributed by atoms with E-state index in [2.05, 4.69) is 15.3 Å². The first-order valence-electron chi connectivity index (χ1n) is 8.67. The van der Waals surface area contributed by atoms with Crippen LogP contribution in [0.2, 0.25) is 0 Å². The Morgan fingerprint density at radius 1 is 1.36 bits per heavy atom. The highest BCUT2D eigenvalue weighted by atomic mass is 16.2. The summed E-state index contributed by atoms with van der Waals surface area (Å²) < 4.78 is 0. The van der Waals surface area contributed by atoms with Crippen LogP contribution < -0.4 is 5.32 Å². The van der Waals surface area contributed by atoms with Crippen LogP contribution in [0.3, 0.4) is 0 Å². The molecule has 8 nitrogen and oxygen atoms in total. The van der Waals surface area contributed by atoms with Crippen molar-refractivity contribution in [2.24, 2.45) is 0 Å². The molecule has 2 aliphatic heterocycles. The van der Waals surface area contributed by atoms with E-state index in [0.717, 1.165) is 42.1 Å². The number of piperidine rings is 1. The molecule has 1 atom stereocenters. The van der Waals surface area contributed by atoms with Crippen molar-refractivity contribution < 1.29 is 14.4 Å². The molecule has 2 fully saturated rings. The molecule has 1 aromatic rings. The van der Waals surface area contributed by atoms with Gasteiger partial charge in [-0.3, -0.25) is 14.5 Å². The van der Waals surface area contributed by atoms with Crippen molar-refractivity contribution in [3.63, 3.8) is 0 Å². The third-order valence-electron chi connectivity index (χ3n) is 5.52. The van der Waals surface area contributed by atoms with E-state index in [9.17, 15) is 14.4 Å². The van der Waals surface area contributed by atoms with Crippen molar-refractivity contribution in [3.8, 4) is 0 Å². The molecule has 0 bridgehead atoms.